The van der Waals surface area contributed by atoms with Crippen molar-refractivity contribution in [3.05, 3.63) is 109 Å². The van der Waals surface area contributed by atoms with Crippen molar-refractivity contribution >= 4 is 51.9 Å². The molecule has 5 aromatic rings. The van der Waals surface area contributed by atoms with Crippen LogP contribution in [0.15, 0.2) is 113 Å². The van der Waals surface area contributed by atoms with E-state index in [9.17, 15) is 0 Å². The van der Waals surface area contributed by atoms with Gasteiger partial charge in [-0.2, -0.15) is 0 Å². The van der Waals surface area contributed by atoms with E-state index in [0.717, 1.165) is 11.5 Å². The van der Waals surface area contributed by atoms with Crippen LogP contribution in [-0.4, -0.2) is 6.71 Å². The number of rotatable bonds is 1. The van der Waals surface area contributed by atoms with Crippen LogP contribution in [0.3, 0.4) is 0 Å². The van der Waals surface area contributed by atoms with E-state index in [1.165, 1.54) is 59.9 Å². The quantitative estimate of drug-likeness (QED) is 0.256. The molecule has 0 spiro atoms. The first-order valence-electron chi connectivity index (χ1n) is 12.0. The average molecular weight is 465 g/mol. The van der Waals surface area contributed by atoms with Crippen LogP contribution in [0.2, 0.25) is 0 Å². The van der Waals surface area contributed by atoms with Crippen LogP contribution in [0.25, 0.3) is 11.1 Å². The maximum absolute atomic E-state index is 6.58. The molecule has 2 nitrogen and oxygen atoms in total. The topological polar surface area (TPSA) is 12.5 Å². The van der Waals surface area contributed by atoms with Crippen molar-refractivity contribution < 1.29 is 4.74 Å². The van der Waals surface area contributed by atoms with Gasteiger partial charge >= 0.3 is 0 Å². The van der Waals surface area contributed by atoms with Gasteiger partial charge in [0.1, 0.15) is 11.5 Å². The molecule has 3 aliphatic rings. The Bertz CT molecular complexity index is 1690. The van der Waals surface area contributed by atoms with Gasteiger partial charge in [-0.05, 0) is 76.4 Å². The highest BCUT2D eigenvalue weighted by molar-refractivity contribution is 7.99. The van der Waals surface area contributed by atoms with Crippen LogP contribution >= 0.6 is 11.8 Å². The van der Waals surface area contributed by atoms with Gasteiger partial charge in [-0.1, -0.05) is 78.5 Å². The predicted octanol–water partition coefficient (Wildman–Crippen LogP) is 6.53. The van der Waals surface area contributed by atoms with E-state index < -0.39 is 0 Å². The van der Waals surface area contributed by atoms with E-state index in [1.54, 1.807) is 0 Å². The molecule has 0 saturated heterocycles. The van der Waals surface area contributed by atoms with Crippen LogP contribution in [-0.2, 0) is 0 Å². The Labute approximate surface area is 209 Å². The maximum atomic E-state index is 6.58. The molecule has 0 N–H and O–H groups in total. The Kier molecular flexibility index (Phi) is 3.92. The summed E-state index contributed by atoms with van der Waals surface area (Å²) >= 11 is 1.86. The Morgan fingerprint density at radius 2 is 1.46 bits per heavy atom. The predicted molar refractivity (Wildman–Crippen MR) is 147 cm³/mol. The minimum absolute atomic E-state index is 0.131. The van der Waals surface area contributed by atoms with Gasteiger partial charge in [-0.3, -0.25) is 0 Å². The Balaban J connectivity index is 1.42. The molecule has 0 aromatic heterocycles. The largest absolute Gasteiger partial charge is 0.458 e. The van der Waals surface area contributed by atoms with Crippen LogP contribution in [0.1, 0.15) is 5.56 Å². The normalized spacial score (nSPS) is 13.9. The zero-order valence-corrected chi connectivity index (χ0v) is 20.0. The van der Waals surface area contributed by atoms with Crippen molar-refractivity contribution in [2.45, 2.75) is 16.7 Å². The lowest BCUT2D eigenvalue weighted by molar-refractivity contribution is 0.487. The van der Waals surface area contributed by atoms with Gasteiger partial charge in [0, 0.05) is 15.5 Å². The van der Waals surface area contributed by atoms with Gasteiger partial charge in [0.25, 0.3) is 6.71 Å². The first-order valence-corrected chi connectivity index (χ1v) is 12.8. The molecule has 5 aromatic carbocycles. The molecular weight excluding hydrogens is 445 g/mol. The molecule has 3 heterocycles. The van der Waals surface area contributed by atoms with Crippen LogP contribution in [0, 0.1) is 6.92 Å². The highest BCUT2D eigenvalue weighted by atomic mass is 32.2. The summed E-state index contributed by atoms with van der Waals surface area (Å²) < 4.78 is 6.58. The van der Waals surface area contributed by atoms with Crippen molar-refractivity contribution in [1.82, 2.24) is 0 Å². The molecular formula is C31H20BNOS. The van der Waals surface area contributed by atoms with E-state index in [2.05, 4.69) is 115 Å². The Morgan fingerprint density at radius 1 is 0.686 bits per heavy atom. The second-order valence-corrected chi connectivity index (χ2v) is 10.5. The highest BCUT2D eigenvalue weighted by Crippen LogP contribution is 2.53. The Morgan fingerprint density at radius 3 is 2.37 bits per heavy atom. The van der Waals surface area contributed by atoms with Crippen molar-refractivity contribution in [2.24, 2.45) is 0 Å². The zero-order valence-electron chi connectivity index (χ0n) is 19.2. The standard InChI is InChI=1S/C31H20BNOS/c1-19-8-2-3-9-21(19)20-14-15-26-23(18-20)32-22-10-4-5-11-24(22)33-25-12-6-7-13-28(25)35-29-17-16-27(34-26)30(32)31(29)33/h2-18H,1H3. The fourth-order valence-electron chi connectivity index (χ4n) is 5.93. The summed E-state index contributed by atoms with van der Waals surface area (Å²) in [5, 5.41) is 0. The molecule has 0 radical (unpaired) electrons. The lowest BCUT2D eigenvalue weighted by atomic mass is 9.34. The second-order valence-electron chi connectivity index (χ2n) is 9.39. The fraction of sp³-hybridized carbons (Fsp3) is 0.0323. The summed E-state index contributed by atoms with van der Waals surface area (Å²) in [4.78, 5) is 5.02. The minimum Gasteiger partial charge on any atom is -0.458 e. The van der Waals surface area contributed by atoms with E-state index >= 15 is 0 Å². The van der Waals surface area contributed by atoms with E-state index in [0.29, 0.717) is 0 Å². The summed E-state index contributed by atoms with van der Waals surface area (Å²) in [6, 6.07) is 37.3. The summed E-state index contributed by atoms with van der Waals surface area (Å²) in [5.74, 6) is 1.91. The molecule has 0 atom stereocenters. The lowest BCUT2D eigenvalue weighted by Gasteiger charge is -2.43. The third kappa shape index (κ3) is 2.63. The molecule has 0 aliphatic carbocycles. The van der Waals surface area contributed by atoms with Crippen molar-refractivity contribution in [2.75, 3.05) is 4.90 Å². The molecule has 0 amide bonds. The van der Waals surface area contributed by atoms with Gasteiger partial charge in [0.15, 0.2) is 0 Å². The Hall–Kier alpha value is -3.89. The maximum Gasteiger partial charge on any atom is 0.256 e. The summed E-state index contributed by atoms with van der Waals surface area (Å²) in [7, 11) is 0. The number of nitrogens with zero attached hydrogens (tertiary/aromatic N) is 1. The number of anilines is 3. The third-order valence-electron chi connectivity index (χ3n) is 7.46. The van der Waals surface area contributed by atoms with Gasteiger partial charge in [-0.25, -0.2) is 0 Å². The SMILES string of the molecule is Cc1ccccc1-c1ccc2c(c1)B1c3ccccc3N3c4ccccc4Sc4ccc(c1c43)O2. The minimum atomic E-state index is 0.131. The summed E-state index contributed by atoms with van der Waals surface area (Å²) in [5.41, 5.74) is 11.4. The molecule has 3 aliphatic heterocycles. The molecule has 35 heavy (non-hydrogen) atoms. The van der Waals surface area contributed by atoms with Crippen molar-refractivity contribution in [3.8, 4) is 22.6 Å². The number of hydrogen-bond acceptors (Lipinski definition) is 3. The molecule has 0 unspecified atom stereocenters. The second kappa shape index (κ2) is 7.06. The zero-order chi connectivity index (χ0) is 23.1. The molecule has 8 rings (SSSR count). The molecule has 0 saturated carbocycles. The first-order chi connectivity index (χ1) is 17.3. The number of para-hydroxylation sites is 2. The van der Waals surface area contributed by atoms with Crippen LogP contribution in [0.5, 0.6) is 11.5 Å². The van der Waals surface area contributed by atoms with E-state index in [4.69, 9.17) is 4.74 Å². The molecule has 0 bridgehead atoms. The van der Waals surface area contributed by atoms with Gasteiger partial charge < -0.3 is 9.64 Å². The fourth-order valence-corrected chi connectivity index (χ4v) is 7.01. The highest BCUT2D eigenvalue weighted by Gasteiger charge is 2.44. The van der Waals surface area contributed by atoms with Crippen LogP contribution < -0.4 is 26.0 Å². The number of fused-ring (bicyclic) bond motifs is 7. The average Bonchev–Trinajstić information content (AvgIpc) is 2.91. The summed E-state index contributed by atoms with van der Waals surface area (Å²) in [6.45, 7) is 2.31. The monoisotopic (exact) mass is 465 g/mol. The van der Waals surface area contributed by atoms with Crippen molar-refractivity contribution in [1.29, 1.82) is 0 Å². The number of benzene rings is 5. The number of aryl methyl sites for hydroxylation is 1. The van der Waals surface area contributed by atoms with Crippen molar-refractivity contribution in [3.63, 3.8) is 0 Å². The number of ether oxygens (including phenoxy) is 1. The molecule has 0 fully saturated rings. The van der Waals surface area contributed by atoms with Gasteiger partial charge in [-0.15, -0.1) is 0 Å². The van der Waals surface area contributed by atoms with Gasteiger partial charge in [0.2, 0.25) is 0 Å². The summed E-state index contributed by atoms with van der Waals surface area (Å²) in [6.07, 6.45) is 0. The molecule has 164 valence electrons. The first kappa shape index (κ1) is 19.4. The molecule has 4 heteroatoms. The van der Waals surface area contributed by atoms with E-state index in [-0.39, 0.29) is 6.71 Å². The lowest BCUT2D eigenvalue weighted by Crippen LogP contribution is -2.59. The van der Waals surface area contributed by atoms with E-state index in [1.807, 2.05) is 11.8 Å². The third-order valence-corrected chi connectivity index (χ3v) is 8.58. The number of hydrogen-bond donors (Lipinski definition) is 0. The van der Waals surface area contributed by atoms with Crippen LogP contribution in [0.4, 0.5) is 17.1 Å². The van der Waals surface area contributed by atoms with Gasteiger partial charge in [0.05, 0.1) is 11.4 Å². The smallest absolute Gasteiger partial charge is 0.256 e.